The molecule has 20 nitrogen and oxygen atoms in total. The van der Waals surface area contributed by atoms with Gasteiger partial charge in [-0.05, 0) is 86.4 Å². The smallest absolute Gasteiger partial charge is 0.333 e. The maximum Gasteiger partial charge on any atom is 0.333 e. The first-order valence-corrected chi connectivity index (χ1v) is 24.4. The SMILES string of the molecule is CC(C)[C@H](NC(=O)CCCCCC(=O)ON1C(=O)CCC1=O)C(=O)N[C@@H](CCCNC(N)=O)C(=O)Nc1ccc(CSCCCCC[C@H](NC(=O)[C@H]2CCC(=O)N2)C(=O)Nc2ccccc2)cc1. The van der Waals surface area contributed by atoms with Crippen molar-refractivity contribution < 1.29 is 52.8 Å². The number of amides is 10. The second kappa shape index (κ2) is 28.6. The van der Waals surface area contributed by atoms with Crippen LogP contribution in [0.25, 0.3) is 0 Å². The molecule has 0 aromatic heterocycles. The van der Waals surface area contributed by atoms with E-state index in [1.165, 1.54) is 0 Å². The third-order valence-corrected chi connectivity index (χ3v) is 12.2. The number of thioether (sulfide) groups is 1. The Balaban J connectivity index is 1.19. The van der Waals surface area contributed by atoms with Crippen molar-refractivity contribution in [3.63, 3.8) is 0 Å². The van der Waals surface area contributed by atoms with Crippen LogP contribution in [-0.2, 0) is 53.7 Å². The third-order valence-electron chi connectivity index (χ3n) is 11.1. The van der Waals surface area contributed by atoms with Crippen molar-refractivity contribution in [2.24, 2.45) is 11.7 Å². The second-order valence-electron chi connectivity index (χ2n) is 17.1. The number of carbonyl (C=O) groups excluding carboxylic acids is 10. The van der Waals surface area contributed by atoms with Crippen molar-refractivity contribution in [2.75, 3.05) is 22.9 Å². The number of urea groups is 1. The molecule has 0 spiro atoms. The minimum absolute atomic E-state index is 0.000642. The molecule has 0 bridgehead atoms. The number of nitrogens with one attached hydrogen (secondary N) is 7. The van der Waals surface area contributed by atoms with E-state index < -0.39 is 65.7 Å². The van der Waals surface area contributed by atoms with E-state index in [1.54, 1.807) is 49.9 Å². The molecular formula is C47H65N9O11S. The van der Waals surface area contributed by atoms with E-state index in [-0.39, 0.29) is 68.7 Å². The summed E-state index contributed by atoms with van der Waals surface area (Å²) in [5.41, 5.74) is 7.36. The highest BCUT2D eigenvalue weighted by Gasteiger charge is 2.33. The van der Waals surface area contributed by atoms with E-state index in [0.29, 0.717) is 67.1 Å². The van der Waals surface area contributed by atoms with Crippen molar-refractivity contribution in [3.05, 3.63) is 60.2 Å². The molecule has 2 aliphatic heterocycles. The van der Waals surface area contributed by atoms with Gasteiger partial charge in [0, 0.05) is 55.8 Å². The van der Waals surface area contributed by atoms with Crippen LogP contribution in [0.4, 0.5) is 16.2 Å². The third kappa shape index (κ3) is 19.4. The van der Waals surface area contributed by atoms with Crippen LogP contribution >= 0.6 is 11.8 Å². The van der Waals surface area contributed by atoms with Crippen molar-refractivity contribution in [1.82, 2.24) is 31.6 Å². The van der Waals surface area contributed by atoms with Gasteiger partial charge in [0.2, 0.25) is 35.4 Å². The van der Waals surface area contributed by atoms with Gasteiger partial charge in [0.25, 0.3) is 11.8 Å². The van der Waals surface area contributed by atoms with Crippen molar-refractivity contribution in [2.45, 2.75) is 140 Å². The fourth-order valence-corrected chi connectivity index (χ4v) is 8.28. The molecule has 0 radical (unpaired) electrons. The number of hydrogen-bond acceptors (Lipinski definition) is 12. The Morgan fingerprint density at radius 2 is 1.34 bits per heavy atom. The van der Waals surface area contributed by atoms with Gasteiger partial charge in [0.15, 0.2) is 0 Å². The lowest BCUT2D eigenvalue weighted by molar-refractivity contribution is -0.197. The molecule has 2 aromatic carbocycles. The Morgan fingerprint density at radius 1 is 0.721 bits per heavy atom. The predicted octanol–water partition coefficient (Wildman–Crippen LogP) is 3.45. The van der Waals surface area contributed by atoms with Gasteiger partial charge in [0.05, 0.1) is 0 Å². The van der Waals surface area contributed by atoms with Crippen LogP contribution in [-0.4, -0.2) is 101 Å². The van der Waals surface area contributed by atoms with Crippen LogP contribution in [0, 0.1) is 5.92 Å². The molecule has 0 saturated carbocycles. The normalized spacial score (nSPS) is 15.7. The highest BCUT2D eigenvalue weighted by atomic mass is 32.2. The highest BCUT2D eigenvalue weighted by molar-refractivity contribution is 7.98. The number of benzene rings is 2. The standard InChI is InChI=1S/C47H65N9O11S/c1-30(2)42(55-37(57)17-9-4-10-18-41(61)67-56-39(59)25-26-40(56)60)46(65)54-35(16-12-27-49-47(48)66)44(63)51-33-21-19-31(20-22-33)29-68-28-11-5-8-15-34(43(62)50-32-13-6-3-7-14-32)53-45(64)36-23-24-38(58)52-36/h3,6-7,13-14,19-22,30,34-36,42H,4-5,8-12,15-18,23-29H2,1-2H3,(H,50,62)(H,51,63)(H,52,58)(H,53,64)(H,54,65)(H,55,57)(H3,48,49,66)/t34-,35-,36+,42-/m0/s1. The van der Waals surface area contributed by atoms with E-state index in [0.717, 1.165) is 24.2 Å². The molecule has 0 unspecified atom stereocenters. The van der Waals surface area contributed by atoms with E-state index in [4.69, 9.17) is 10.6 Å². The first-order valence-electron chi connectivity index (χ1n) is 23.2. The fraction of sp³-hybridized carbons (Fsp3) is 0.532. The summed E-state index contributed by atoms with van der Waals surface area (Å²) in [6.07, 6.45) is 5.26. The minimum atomic E-state index is -1.02. The molecule has 370 valence electrons. The second-order valence-corrected chi connectivity index (χ2v) is 18.2. The number of anilines is 2. The molecule has 10 amide bonds. The molecule has 2 aromatic rings. The fourth-order valence-electron chi connectivity index (χ4n) is 7.30. The van der Waals surface area contributed by atoms with E-state index in [1.807, 2.05) is 30.3 Å². The van der Waals surface area contributed by atoms with Crippen molar-refractivity contribution in [3.8, 4) is 0 Å². The molecule has 4 atom stereocenters. The first-order chi connectivity index (χ1) is 32.6. The maximum absolute atomic E-state index is 13.6. The number of rotatable bonds is 29. The van der Waals surface area contributed by atoms with E-state index >= 15 is 0 Å². The number of hydrogen-bond donors (Lipinski definition) is 8. The van der Waals surface area contributed by atoms with Crippen LogP contribution in [0.15, 0.2) is 54.6 Å². The van der Waals surface area contributed by atoms with Gasteiger partial charge in [-0.1, -0.05) is 63.4 Å². The van der Waals surface area contributed by atoms with Crippen molar-refractivity contribution >= 4 is 82.4 Å². The summed E-state index contributed by atoms with van der Waals surface area (Å²) < 4.78 is 0. The van der Waals surface area contributed by atoms with Crippen LogP contribution in [0.5, 0.6) is 0 Å². The van der Waals surface area contributed by atoms with Gasteiger partial charge in [0.1, 0.15) is 24.2 Å². The summed E-state index contributed by atoms with van der Waals surface area (Å²) in [4.78, 5) is 129. The number of hydroxylamine groups is 2. The Hall–Kier alpha value is -6.51. The average molecular weight is 964 g/mol. The zero-order chi connectivity index (χ0) is 49.4. The molecule has 68 heavy (non-hydrogen) atoms. The van der Waals surface area contributed by atoms with Crippen LogP contribution in [0.2, 0.25) is 0 Å². The number of nitrogens with two attached hydrogens (primary N) is 1. The molecule has 2 fully saturated rings. The summed E-state index contributed by atoms with van der Waals surface area (Å²) in [6, 6.07) is 12.2. The molecule has 21 heteroatoms. The van der Waals surface area contributed by atoms with Crippen LogP contribution in [0.1, 0.15) is 116 Å². The predicted molar refractivity (Wildman–Crippen MR) is 254 cm³/mol. The zero-order valence-electron chi connectivity index (χ0n) is 38.7. The molecular weight excluding hydrogens is 899 g/mol. The maximum atomic E-state index is 13.6. The Labute approximate surface area is 400 Å². The number of primary amides is 1. The van der Waals surface area contributed by atoms with Gasteiger partial charge in [-0.3, -0.25) is 38.4 Å². The number of para-hydroxylation sites is 1. The first kappa shape index (κ1) is 54.1. The number of unbranched alkanes of at least 4 members (excludes halogenated alkanes) is 4. The van der Waals surface area contributed by atoms with Crippen LogP contribution < -0.4 is 43.0 Å². The summed E-state index contributed by atoms with van der Waals surface area (Å²) in [5.74, 6) is -2.92. The highest BCUT2D eigenvalue weighted by Crippen LogP contribution is 2.20. The molecule has 0 aliphatic carbocycles. The quantitative estimate of drug-likeness (QED) is 0.0430. The van der Waals surface area contributed by atoms with Gasteiger partial charge >= 0.3 is 12.0 Å². The molecule has 9 N–H and O–H groups in total. The number of imide groups is 1. The monoisotopic (exact) mass is 963 g/mol. The zero-order valence-corrected chi connectivity index (χ0v) is 39.6. The van der Waals surface area contributed by atoms with Gasteiger partial charge in [-0.25, -0.2) is 9.59 Å². The lowest BCUT2D eigenvalue weighted by Gasteiger charge is -2.25. The van der Waals surface area contributed by atoms with E-state index in [2.05, 4.69) is 37.2 Å². The molecule has 2 heterocycles. The summed E-state index contributed by atoms with van der Waals surface area (Å²) in [7, 11) is 0. The molecule has 4 rings (SSSR count). The lowest BCUT2D eigenvalue weighted by atomic mass is 10.0. The van der Waals surface area contributed by atoms with Crippen molar-refractivity contribution in [1.29, 1.82) is 0 Å². The van der Waals surface area contributed by atoms with Gasteiger partial charge < -0.3 is 47.8 Å². The average Bonchev–Trinajstić information content (AvgIpc) is 3.89. The van der Waals surface area contributed by atoms with Gasteiger partial charge in [-0.2, -0.15) is 11.8 Å². The lowest BCUT2D eigenvalue weighted by Crippen LogP contribution is -2.54. The van der Waals surface area contributed by atoms with Crippen LogP contribution in [0.3, 0.4) is 0 Å². The Morgan fingerprint density at radius 3 is 1.97 bits per heavy atom. The largest absolute Gasteiger partial charge is 0.352 e. The molecule has 2 aliphatic rings. The topological polar surface area (TPSA) is 293 Å². The van der Waals surface area contributed by atoms with Gasteiger partial charge in [-0.15, -0.1) is 5.06 Å². The minimum Gasteiger partial charge on any atom is -0.352 e. The Kier molecular flexibility index (Phi) is 22.8. The summed E-state index contributed by atoms with van der Waals surface area (Å²) >= 11 is 1.74. The number of nitrogens with zero attached hydrogens (tertiary/aromatic N) is 1. The number of carbonyl (C=O) groups is 10. The Bertz CT molecular complexity index is 2060. The summed E-state index contributed by atoms with van der Waals surface area (Å²) in [5, 5.41) is 19.7. The molecule has 2 saturated heterocycles. The summed E-state index contributed by atoms with van der Waals surface area (Å²) in [6.45, 7) is 3.69. The van der Waals surface area contributed by atoms with E-state index in [9.17, 15) is 47.9 Å².